The predicted octanol–water partition coefficient (Wildman–Crippen LogP) is 3.33. The van der Waals surface area contributed by atoms with Crippen molar-refractivity contribution in [2.75, 3.05) is 6.54 Å². The Labute approximate surface area is 131 Å². The van der Waals surface area contributed by atoms with E-state index in [1.165, 1.54) is 19.3 Å². The van der Waals surface area contributed by atoms with E-state index in [0.29, 0.717) is 12.5 Å². The monoisotopic (exact) mass is 300 g/mol. The number of unbranched alkanes of at least 4 members (excludes halogenated alkanes) is 3. The Morgan fingerprint density at radius 3 is 2.82 bits per heavy atom. The molecule has 0 radical (unpaired) electrons. The van der Waals surface area contributed by atoms with E-state index in [1.807, 2.05) is 36.4 Å². The second-order valence-corrected chi connectivity index (χ2v) is 5.24. The summed E-state index contributed by atoms with van der Waals surface area (Å²) in [6.45, 7) is 3.48. The molecule has 0 spiro atoms. The van der Waals surface area contributed by atoms with Gasteiger partial charge in [-0.3, -0.25) is 0 Å². The molecule has 5 nitrogen and oxygen atoms in total. The van der Waals surface area contributed by atoms with Crippen LogP contribution < -0.4 is 11.1 Å². The largest absolute Gasteiger partial charge is 0.370 e. The van der Waals surface area contributed by atoms with Crippen molar-refractivity contribution in [3.8, 4) is 11.3 Å². The molecule has 1 aromatic heterocycles. The number of hydrogen-bond acceptors (Lipinski definition) is 3. The minimum absolute atomic E-state index is 0.421. The van der Waals surface area contributed by atoms with Gasteiger partial charge in [0.05, 0.1) is 6.54 Å². The number of nitrogens with zero attached hydrogens (tertiary/aromatic N) is 2. The summed E-state index contributed by atoms with van der Waals surface area (Å²) in [5.41, 5.74) is 7.61. The molecule has 22 heavy (non-hydrogen) atoms. The average molecular weight is 300 g/mol. The van der Waals surface area contributed by atoms with Crippen LogP contribution in [0.3, 0.4) is 0 Å². The molecule has 3 N–H and O–H groups in total. The first kappa shape index (κ1) is 16.1. The summed E-state index contributed by atoms with van der Waals surface area (Å²) in [6, 6.07) is 11.8. The van der Waals surface area contributed by atoms with Crippen molar-refractivity contribution in [2.45, 2.75) is 39.2 Å². The van der Waals surface area contributed by atoms with Crippen LogP contribution in [0.5, 0.6) is 0 Å². The highest BCUT2D eigenvalue weighted by atomic mass is 16.5. The van der Waals surface area contributed by atoms with Crippen molar-refractivity contribution in [3.63, 3.8) is 0 Å². The maximum atomic E-state index is 5.83. The number of guanidine groups is 1. The number of nitrogens with two attached hydrogens (primary N) is 1. The third kappa shape index (κ3) is 5.24. The van der Waals surface area contributed by atoms with Gasteiger partial charge < -0.3 is 15.6 Å². The maximum Gasteiger partial charge on any atom is 0.188 e. The highest BCUT2D eigenvalue weighted by Gasteiger charge is 2.05. The quantitative estimate of drug-likeness (QED) is 0.445. The summed E-state index contributed by atoms with van der Waals surface area (Å²) >= 11 is 0. The molecule has 0 aliphatic rings. The third-order valence-electron chi connectivity index (χ3n) is 3.37. The van der Waals surface area contributed by atoms with Crippen molar-refractivity contribution in [2.24, 2.45) is 10.7 Å². The van der Waals surface area contributed by atoms with Crippen molar-refractivity contribution >= 4 is 5.96 Å². The van der Waals surface area contributed by atoms with Gasteiger partial charge in [-0.2, -0.15) is 0 Å². The summed E-state index contributed by atoms with van der Waals surface area (Å²) in [5.74, 6) is 1.21. The van der Waals surface area contributed by atoms with Gasteiger partial charge in [0.2, 0.25) is 0 Å². The van der Waals surface area contributed by atoms with Crippen LogP contribution >= 0.6 is 0 Å². The molecule has 1 heterocycles. The van der Waals surface area contributed by atoms with Crippen molar-refractivity contribution in [3.05, 3.63) is 42.1 Å². The van der Waals surface area contributed by atoms with Crippen LogP contribution in [0, 0.1) is 0 Å². The van der Waals surface area contributed by atoms with E-state index < -0.39 is 0 Å². The van der Waals surface area contributed by atoms with Gasteiger partial charge in [-0.25, -0.2) is 4.99 Å². The standard InChI is InChI=1S/C17H24N4O/c1-2-3-4-8-11-19-17(18)20-13-15-12-16(22-21-15)14-9-6-5-7-10-14/h5-7,9-10,12H,2-4,8,11,13H2,1H3,(H3,18,19,20). The highest BCUT2D eigenvalue weighted by Crippen LogP contribution is 2.19. The maximum absolute atomic E-state index is 5.83. The van der Waals surface area contributed by atoms with Crippen molar-refractivity contribution < 1.29 is 4.52 Å². The lowest BCUT2D eigenvalue weighted by molar-refractivity contribution is 0.424. The normalized spacial score (nSPS) is 11.6. The van der Waals surface area contributed by atoms with Gasteiger partial charge in [-0.15, -0.1) is 0 Å². The number of hydrogen-bond donors (Lipinski definition) is 2. The Balaban J connectivity index is 1.79. The summed E-state index contributed by atoms with van der Waals surface area (Å²) in [7, 11) is 0. The number of aromatic nitrogens is 1. The van der Waals surface area contributed by atoms with Gasteiger partial charge in [0.15, 0.2) is 11.7 Å². The van der Waals surface area contributed by atoms with Gasteiger partial charge in [0.25, 0.3) is 0 Å². The molecule has 118 valence electrons. The van der Waals surface area contributed by atoms with E-state index in [1.54, 1.807) is 0 Å². The van der Waals surface area contributed by atoms with E-state index in [2.05, 4.69) is 22.4 Å². The fourth-order valence-electron chi connectivity index (χ4n) is 2.12. The van der Waals surface area contributed by atoms with Crippen LogP contribution in [0.1, 0.15) is 38.3 Å². The van der Waals surface area contributed by atoms with Crippen LogP contribution in [0.2, 0.25) is 0 Å². The zero-order chi connectivity index (χ0) is 15.6. The SMILES string of the molecule is CCCCCCNC(N)=NCc1cc(-c2ccccc2)on1. The Kier molecular flexibility index (Phi) is 6.48. The second-order valence-electron chi connectivity index (χ2n) is 5.24. The van der Waals surface area contributed by atoms with Crippen LogP contribution in [0.4, 0.5) is 0 Å². The lowest BCUT2D eigenvalue weighted by Crippen LogP contribution is -2.32. The molecular formula is C17H24N4O. The van der Waals surface area contributed by atoms with Gasteiger partial charge in [-0.05, 0) is 6.42 Å². The van der Waals surface area contributed by atoms with Gasteiger partial charge in [0, 0.05) is 18.2 Å². The zero-order valence-electron chi connectivity index (χ0n) is 13.1. The van der Waals surface area contributed by atoms with E-state index in [-0.39, 0.29) is 0 Å². The molecule has 1 aromatic carbocycles. The first-order chi connectivity index (χ1) is 10.8. The molecule has 0 saturated carbocycles. The Morgan fingerprint density at radius 2 is 2.05 bits per heavy atom. The molecule has 0 atom stereocenters. The summed E-state index contributed by atoms with van der Waals surface area (Å²) in [5, 5.41) is 7.14. The van der Waals surface area contributed by atoms with E-state index in [4.69, 9.17) is 10.3 Å². The fourth-order valence-corrected chi connectivity index (χ4v) is 2.12. The number of rotatable bonds is 8. The third-order valence-corrected chi connectivity index (χ3v) is 3.37. The van der Waals surface area contributed by atoms with E-state index in [0.717, 1.165) is 30.0 Å². The molecule has 5 heteroatoms. The summed E-state index contributed by atoms with van der Waals surface area (Å²) in [4.78, 5) is 4.28. The number of nitrogens with one attached hydrogen (secondary N) is 1. The lowest BCUT2D eigenvalue weighted by Gasteiger charge is -2.04. The van der Waals surface area contributed by atoms with E-state index >= 15 is 0 Å². The van der Waals surface area contributed by atoms with Crippen molar-refractivity contribution in [1.29, 1.82) is 0 Å². The molecule has 2 rings (SSSR count). The molecule has 0 aliphatic carbocycles. The topological polar surface area (TPSA) is 76.4 Å². The van der Waals surface area contributed by atoms with Gasteiger partial charge in [0.1, 0.15) is 5.69 Å². The molecule has 0 unspecified atom stereocenters. The van der Waals surface area contributed by atoms with Gasteiger partial charge in [-0.1, -0.05) is 61.7 Å². The van der Waals surface area contributed by atoms with Crippen LogP contribution in [-0.4, -0.2) is 17.7 Å². The van der Waals surface area contributed by atoms with Crippen LogP contribution in [0.25, 0.3) is 11.3 Å². The number of benzene rings is 1. The molecule has 0 amide bonds. The Bertz CT molecular complexity index is 577. The number of aliphatic imine (C=N–C) groups is 1. The average Bonchev–Trinajstić information content (AvgIpc) is 3.02. The molecule has 0 aliphatic heterocycles. The Hall–Kier alpha value is -2.30. The van der Waals surface area contributed by atoms with Gasteiger partial charge >= 0.3 is 0 Å². The minimum Gasteiger partial charge on any atom is -0.370 e. The molecule has 2 aromatic rings. The molecule has 0 fully saturated rings. The highest BCUT2D eigenvalue weighted by molar-refractivity contribution is 5.77. The predicted molar refractivity (Wildman–Crippen MR) is 89.4 cm³/mol. The molecule has 0 saturated heterocycles. The summed E-state index contributed by atoms with van der Waals surface area (Å²) in [6.07, 6.45) is 4.84. The van der Waals surface area contributed by atoms with Crippen LogP contribution in [0.15, 0.2) is 45.9 Å². The second kappa shape index (κ2) is 8.87. The minimum atomic E-state index is 0.421. The van der Waals surface area contributed by atoms with E-state index in [9.17, 15) is 0 Å². The lowest BCUT2D eigenvalue weighted by atomic mass is 10.2. The molecule has 0 bridgehead atoms. The first-order valence-corrected chi connectivity index (χ1v) is 7.84. The molecular weight excluding hydrogens is 276 g/mol. The first-order valence-electron chi connectivity index (χ1n) is 7.84. The Morgan fingerprint density at radius 1 is 1.23 bits per heavy atom. The fraction of sp³-hybridized carbons (Fsp3) is 0.412. The van der Waals surface area contributed by atoms with Crippen molar-refractivity contribution in [1.82, 2.24) is 10.5 Å². The zero-order valence-corrected chi connectivity index (χ0v) is 13.1. The smallest absolute Gasteiger partial charge is 0.188 e. The van der Waals surface area contributed by atoms with Crippen LogP contribution in [-0.2, 0) is 6.54 Å². The summed E-state index contributed by atoms with van der Waals surface area (Å²) < 4.78 is 5.33.